The third-order valence-electron chi connectivity index (χ3n) is 3.02. The second-order valence-corrected chi connectivity index (χ2v) is 6.33. The Labute approximate surface area is 137 Å². The molecule has 0 aliphatic heterocycles. The predicted octanol–water partition coefficient (Wildman–Crippen LogP) is 4.60. The summed E-state index contributed by atoms with van der Waals surface area (Å²) in [5.41, 5.74) is 2.01. The summed E-state index contributed by atoms with van der Waals surface area (Å²) in [6.07, 6.45) is 1.31. The van der Waals surface area contributed by atoms with Gasteiger partial charge in [0.2, 0.25) is 0 Å². The van der Waals surface area contributed by atoms with Crippen LogP contribution in [0.25, 0.3) is 0 Å². The second kappa shape index (κ2) is 7.13. The largest absolute Gasteiger partial charge is 0.444 e. The zero-order valence-electron chi connectivity index (χ0n) is 14.0. The van der Waals surface area contributed by atoms with Gasteiger partial charge in [0.15, 0.2) is 0 Å². The molecule has 1 unspecified atom stereocenters. The summed E-state index contributed by atoms with van der Waals surface area (Å²) in [7, 11) is 0. The summed E-state index contributed by atoms with van der Waals surface area (Å²) in [6, 6.07) is 13.4. The molecule has 0 spiro atoms. The molecule has 0 fully saturated rings. The number of hydrogen-bond donors (Lipinski definition) is 2. The van der Waals surface area contributed by atoms with Crippen LogP contribution < -0.4 is 10.6 Å². The Morgan fingerprint density at radius 3 is 2.52 bits per heavy atom. The van der Waals surface area contributed by atoms with Gasteiger partial charge in [0.1, 0.15) is 5.60 Å². The molecule has 122 valence electrons. The van der Waals surface area contributed by atoms with E-state index in [9.17, 15) is 4.79 Å². The average Bonchev–Trinajstić information content (AvgIpc) is 2.46. The van der Waals surface area contributed by atoms with Crippen LogP contribution in [0.4, 0.5) is 16.2 Å². The molecule has 1 heterocycles. The Bertz CT molecular complexity index is 651. The van der Waals surface area contributed by atoms with Crippen molar-refractivity contribution in [1.82, 2.24) is 4.98 Å². The lowest BCUT2D eigenvalue weighted by molar-refractivity contribution is 0.0636. The van der Waals surface area contributed by atoms with E-state index in [0.29, 0.717) is 5.69 Å². The van der Waals surface area contributed by atoms with Crippen LogP contribution in [0.1, 0.15) is 39.4 Å². The molecule has 5 nitrogen and oxygen atoms in total. The fourth-order valence-electron chi connectivity index (χ4n) is 2.06. The van der Waals surface area contributed by atoms with Crippen LogP contribution in [-0.4, -0.2) is 16.7 Å². The van der Waals surface area contributed by atoms with Gasteiger partial charge >= 0.3 is 6.09 Å². The number of nitrogens with one attached hydrogen (secondary N) is 2. The zero-order valence-corrected chi connectivity index (χ0v) is 14.0. The van der Waals surface area contributed by atoms with Crippen molar-refractivity contribution < 1.29 is 9.53 Å². The van der Waals surface area contributed by atoms with Crippen LogP contribution in [0.5, 0.6) is 0 Å². The van der Waals surface area contributed by atoms with E-state index >= 15 is 0 Å². The van der Waals surface area contributed by atoms with Crippen molar-refractivity contribution in [1.29, 1.82) is 0 Å². The van der Waals surface area contributed by atoms with E-state index in [0.717, 1.165) is 11.4 Å². The van der Waals surface area contributed by atoms with E-state index in [-0.39, 0.29) is 6.04 Å². The van der Waals surface area contributed by atoms with Gasteiger partial charge in [-0.3, -0.25) is 10.3 Å². The van der Waals surface area contributed by atoms with Crippen molar-refractivity contribution in [3.05, 3.63) is 54.4 Å². The van der Waals surface area contributed by atoms with Gasteiger partial charge in [0.25, 0.3) is 0 Å². The number of carbonyl (C=O) groups excluding carboxylic acids is 1. The van der Waals surface area contributed by atoms with E-state index in [2.05, 4.69) is 15.6 Å². The number of rotatable bonds is 4. The maximum absolute atomic E-state index is 11.8. The highest BCUT2D eigenvalue weighted by Gasteiger charge is 2.16. The van der Waals surface area contributed by atoms with Crippen molar-refractivity contribution in [2.45, 2.75) is 39.3 Å². The first-order valence-electron chi connectivity index (χ1n) is 7.61. The highest BCUT2D eigenvalue weighted by Crippen LogP contribution is 2.21. The molecule has 2 N–H and O–H groups in total. The smallest absolute Gasteiger partial charge is 0.412 e. The Morgan fingerprint density at radius 1 is 1.13 bits per heavy atom. The lowest BCUT2D eigenvalue weighted by Gasteiger charge is -2.20. The molecule has 5 heteroatoms. The SMILES string of the molecule is CC(Nc1cccc(NC(=O)OC(C)(C)C)c1)c1ccccn1. The maximum Gasteiger partial charge on any atom is 0.412 e. The summed E-state index contributed by atoms with van der Waals surface area (Å²) in [5.74, 6) is 0. The van der Waals surface area contributed by atoms with Crippen molar-refractivity contribution >= 4 is 17.5 Å². The Kier molecular flexibility index (Phi) is 5.21. The van der Waals surface area contributed by atoms with Gasteiger partial charge in [0.05, 0.1) is 11.7 Å². The lowest BCUT2D eigenvalue weighted by atomic mass is 10.2. The number of aromatic nitrogens is 1. The fourth-order valence-corrected chi connectivity index (χ4v) is 2.06. The molecule has 0 bridgehead atoms. The number of pyridine rings is 1. The number of ether oxygens (including phenoxy) is 1. The van der Waals surface area contributed by atoms with Crippen molar-refractivity contribution in [3.63, 3.8) is 0 Å². The molecule has 0 saturated heterocycles. The minimum absolute atomic E-state index is 0.0629. The molecule has 1 aromatic heterocycles. The van der Waals surface area contributed by atoms with Crippen molar-refractivity contribution in [3.8, 4) is 0 Å². The Morgan fingerprint density at radius 2 is 1.87 bits per heavy atom. The van der Waals surface area contributed by atoms with Crippen LogP contribution in [0.3, 0.4) is 0 Å². The van der Waals surface area contributed by atoms with Crippen molar-refractivity contribution in [2.24, 2.45) is 0 Å². The van der Waals surface area contributed by atoms with Crippen LogP contribution in [0.2, 0.25) is 0 Å². The van der Waals surface area contributed by atoms with E-state index in [1.54, 1.807) is 6.20 Å². The van der Waals surface area contributed by atoms with E-state index < -0.39 is 11.7 Å². The number of nitrogens with zero attached hydrogens (tertiary/aromatic N) is 1. The number of anilines is 2. The van der Waals surface area contributed by atoms with Gasteiger partial charge in [-0.25, -0.2) is 4.79 Å². The molecule has 0 radical (unpaired) electrons. The quantitative estimate of drug-likeness (QED) is 0.865. The lowest BCUT2D eigenvalue weighted by Crippen LogP contribution is -2.27. The van der Waals surface area contributed by atoms with E-state index in [1.807, 2.05) is 70.2 Å². The number of hydrogen-bond acceptors (Lipinski definition) is 4. The summed E-state index contributed by atoms with van der Waals surface area (Å²) in [4.78, 5) is 16.2. The molecule has 23 heavy (non-hydrogen) atoms. The van der Waals surface area contributed by atoms with Gasteiger partial charge in [-0.1, -0.05) is 12.1 Å². The molecule has 0 aliphatic rings. The van der Waals surface area contributed by atoms with Crippen LogP contribution >= 0.6 is 0 Å². The second-order valence-electron chi connectivity index (χ2n) is 6.33. The first-order valence-corrected chi connectivity index (χ1v) is 7.61. The highest BCUT2D eigenvalue weighted by atomic mass is 16.6. The first kappa shape index (κ1) is 16.8. The van der Waals surface area contributed by atoms with Crippen molar-refractivity contribution in [2.75, 3.05) is 10.6 Å². The normalized spacial score (nSPS) is 12.3. The monoisotopic (exact) mass is 313 g/mol. The Hall–Kier alpha value is -2.56. The molecular weight excluding hydrogens is 290 g/mol. The van der Waals surface area contributed by atoms with Gasteiger partial charge in [-0.05, 0) is 58.0 Å². The zero-order chi connectivity index (χ0) is 16.9. The van der Waals surface area contributed by atoms with Gasteiger partial charge in [-0.15, -0.1) is 0 Å². The molecule has 1 atom stereocenters. The molecule has 2 aromatic rings. The molecule has 1 amide bonds. The van der Waals surface area contributed by atoms with Crippen LogP contribution in [0.15, 0.2) is 48.7 Å². The fraction of sp³-hybridized carbons (Fsp3) is 0.333. The average molecular weight is 313 g/mol. The molecule has 0 saturated carbocycles. The van der Waals surface area contributed by atoms with Gasteiger partial charge < -0.3 is 10.1 Å². The third kappa shape index (κ3) is 5.62. The summed E-state index contributed by atoms with van der Waals surface area (Å²) in [5, 5.41) is 6.10. The third-order valence-corrected chi connectivity index (χ3v) is 3.02. The molecule has 0 aliphatic carbocycles. The Balaban J connectivity index is 2.01. The topological polar surface area (TPSA) is 63.2 Å². The molecule has 1 aromatic carbocycles. The van der Waals surface area contributed by atoms with Crippen LogP contribution in [-0.2, 0) is 4.74 Å². The standard InChI is InChI=1S/C18H23N3O2/c1-13(16-10-5-6-11-19-16)20-14-8-7-9-15(12-14)21-17(22)23-18(2,3)4/h5-13,20H,1-4H3,(H,21,22). The molecular formula is C18H23N3O2. The first-order chi connectivity index (χ1) is 10.8. The minimum atomic E-state index is -0.520. The van der Waals surface area contributed by atoms with Gasteiger partial charge in [0, 0.05) is 17.6 Å². The minimum Gasteiger partial charge on any atom is -0.444 e. The van der Waals surface area contributed by atoms with Gasteiger partial charge in [-0.2, -0.15) is 0 Å². The summed E-state index contributed by atoms with van der Waals surface area (Å²) in [6.45, 7) is 7.54. The van der Waals surface area contributed by atoms with Crippen LogP contribution in [0, 0.1) is 0 Å². The van der Waals surface area contributed by atoms with E-state index in [1.165, 1.54) is 0 Å². The highest BCUT2D eigenvalue weighted by molar-refractivity contribution is 5.85. The maximum atomic E-state index is 11.8. The predicted molar refractivity (Wildman–Crippen MR) is 92.6 cm³/mol. The number of benzene rings is 1. The summed E-state index contributed by atoms with van der Waals surface area (Å²) < 4.78 is 5.25. The number of amides is 1. The number of carbonyl (C=O) groups is 1. The molecule has 2 rings (SSSR count). The van der Waals surface area contributed by atoms with E-state index in [4.69, 9.17) is 4.74 Å². The summed E-state index contributed by atoms with van der Waals surface area (Å²) >= 11 is 0.